The number of fused-ring (bicyclic) bond motifs is 1. The number of nitrogens with zero attached hydrogens (tertiary/aromatic N) is 1. The van der Waals surface area contributed by atoms with Gasteiger partial charge in [-0.2, -0.15) is 0 Å². The molecule has 0 fully saturated rings. The van der Waals surface area contributed by atoms with Crippen molar-refractivity contribution in [1.29, 1.82) is 0 Å². The van der Waals surface area contributed by atoms with Crippen molar-refractivity contribution in [2.45, 2.75) is 18.4 Å². The predicted octanol–water partition coefficient (Wildman–Crippen LogP) is 2.22. The molecule has 0 saturated heterocycles. The molecule has 1 N–H and O–H groups in total. The van der Waals surface area contributed by atoms with Crippen molar-refractivity contribution < 1.29 is 31.8 Å². The number of sulfonamides is 1. The Hall–Kier alpha value is -3.47. The van der Waals surface area contributed by atoms with E-state index in [0.717, 1.165) is 0 Å². The van der Waals surface area contributed by atoms with Crippen LogP contribution in [0.1, 0.15) is 17.3 Å². The Morgan fingerprint density at radius 3 is 2.37 bits per heavy atom. The number of hydrogen-bond donors (Lipinski definition) is 1. The van der Waals surface area contributed by atoms with Crippen molar-refractivity contribution in [2.75, 3.05) is 26.1 Å². The molecule has 1 heterocycles. The summed E-state index contributed by atoms with van der Waals surface area (Å²) in [5.41, 5.74) is 0.476. The van der Waals surface area contributed by atoms with Gasteiger partial charge < -0.3 is 18.6 Å². The van der Waals surface area contributed by atoms with E-state index < -0.39 is 21.7 Å². The van der Waals surface area contributed by atoms with E-state index in [9.17, 15) is 18.0 Å². The zero-order valence-electron chi connectivity index (χ0n) is 16.7. The van der Waals surface area contributed by atoms with Gasteiger partial charge in [-0.1, -0.05) is 0 Å². The number of aryl methyl sites for hydroxylation is 1. The van der Waals surface area contributed by atoms with Gasteiger partial charge in [0, 0.05) is 24.7 Å². The molecule has 0 saturated carbocycles. The van der Waals surface area contributed by atoms with E-state index in [1.807, 2.05) is 0 Å². The van der Waals surface area contributed by atoms with Crippen molar-refractivity contribution in [3.8, 4) is 11.5 Å². The summed E-state index contributed by atoms with van der Waals surface area (Å²) in [4.78, 5) is 23.9. The van der Waals surface area contributed by atoms with E-state index in [-0.39, 0.29) is 33.2 Å². The molecule has 0 aliphatic carbocycles. The van der Waals surface area contributed by atoms with E-state index in [1.54, 1.807) is 6.92 Å². The molecular weight excluding hydrogens is 416 g/mol. The SMILES string of the molecule is CCn1c(=O)oc2cc(S(=O)(=O)Nc3cc(OC)c(OC)cc3C(=O)OC)ccc21. The maximum Gasteiger partial charge on any atom is 0.419 e. The van der Waals surface area contributed by atoms with Gasteiger partial charge in [0.2, 0.25) is 0 Å². The van der Waals surface area contributed by atoms with Crippen LogP contribution in [-0.2, 0) is 21.3 Å². The number of methoxy groups -OCH3 is 3. The Morgan fingerprint density at radius 1 is 1.10 bits per heavy atom. The van der Waals surface area contributed by atoms with Gasteiger partial charge in [0.15, 0.2) is 17.1 Å². The molecule has 10 nitrogen and oxygen atoms in total. The van der Waals surface area contributed by atoms with E-state index in [1.165, 1.54) is 56.2 Å². The van der Waals surface area contributed by atoms with Crippen LogP contribution in [-0.4, -0.2) is 40.3 Å². The van der Waals surface area contributed by atoms with Crippen molar-refractivity contribution >= 4 is 32.8 Å². The molecule has 30 heavy (non-hydrogen) atoms. The van der Waals surface area contributed by atoms with E-state index in [2.05, 4.69) is 4.72 Å². The van der Waals surface area contributed by atoms with Crippen LogP contribution in [0, 0.1) is 0 Å². The van der Waals surface area contributed by atoms with Gasteiger partial charge in [0.25, 0.3) is 10.0 Å². The Morgan fingerprint density at radius 2 is 1.77 bits per heavy atom. The molecule has 0 aliphatic heterocycles. The summed E-state index contributed by atoms with van der Waals surface area (Å²) >= 11 is 0. The Kier molecular flexibility index (Phi) is 5.74. The molecule has 0 radical (unpaired) electrons. The lowest BCUT2D eigenvalue weighted by Gasteiger charge is -2.15. The van der Waals surface area contributed by atoms with E-state index >= 15 is 0 Å². The van der Waals surface area contributed by atoms with Gasteiger partial charge in [-0.25, -0.2) is 18.0 Å². The van der Waals surface area contributed by atoms with Crippen LogP contribution in [0.2, 0.25) is 0 Å². The normalized spacial score (nSPS) is 11.3. The largest absolute Gasteiger partial charge is 0.493 e. The summed E-state index contributed by atoms with van der Waals surface area (Å²) in [7, 11) is -0.217. The second-order valence-corrected chi connectivity index (χ2v) is 7.77. The van der Waals surface area contributed by atoms with Gasteiger partial charge in [-0.3, -0.25) is 9.29 Å². The lowest BCUT2D eigenvalue weighted by molar-refractivity contribution is 0.0601. The third-order valence-electron chi connectivity index (χ3n) is 4.44. The van der Waals surface area contributed by atoms with E-state index in [4.69, 9.17) is 18.6 Å². The van der Waals surface area contributed by atoms with Crippen molar-refractivity contribution in [3.05, 3.63) is 46.4 Å². The number of anilines is 1. The van der Waals surface area contributed by atoms with Gasteiger partial charge in [-0.05, 0) is 19.1 Å². The number of ether oxygens (including phenoxy) is 3. The van der Waals surface area contributed by atoms with Crippen LogP contribution < -0.4 is 20.0 Å². The van der Waals surface area contributed by atoms with Gasteiger partial charge in [0.1, 0.15) is 0 Å². The maximum atomic E-state index is 13.0. The lowest BCUT2D eigenvalue weighted by atomic mass is 10.1. The summed E-state index contributed by atoms with van der Waals surface area (Å²) in [6, 6.07) is 6.68. The minimum Gasteiger partial charge on any atom is -0.493 e. The quantitative estimate of drug-likeness (QED) is 0.559. The second-order valence-electron chi connectivity index (χ2n) is 6.09. The molecule has 11 heteroatoms. The predicted molar refractivity (Wildman–Crippen MR) is 108 cm³/mol. The van der Waals surface area contributed by atoms with Crippen LogP contribution in [0.3, 0.4) is 0 Å². The van der Waals surface area contributed by atoms with Crippen molar-refractivity contribution in [3.63, 3.8) is 0 Å². The molecule has 0 atom stereocenters. The number of aromatic nitrogens is 1. The monoisotopic (exact) mass is 436 g/mol. The molecule has 3 rings (SSSR count). The first-order valence-corrected chi connectivity index (χ1v) is 10.2. The fraction of sp³-hybridized carbons (Fsp3) is 0.263. The highest BCUT2D eigenvalue weighted by atomic mass is 32.2. The summed E-state index contributed by atoms with van der Waals surface area (Å²) in [6.45, 7) is 2.15. The standard InChI is InChI=1S/C19H20N2O8S/c1-5-21-14-7-6-11(8-15(14)29-19(21)23)30(24,25)20-13-10-17(27-3)16(26-2)9-12(13)18(22)28-4/h6-10,20H,5H2,1-4H3. The molecule has 0 amide bonds. The van der Waals surface area contributed by atoms with Crippen LogP contribution in [0.25, 0.3) is 11.1 Å². The third-order valence-corrected chi connectivity index (χ3v) is 5.80. The smallest absolute Gasteiger partial charge is 0.419 e. The molecule has 0 bridgehead atoms. The van der Waals surface area contributed by atoms with Gasteiger partial charge in [-0.15, -0.1) is 0 Å². The highest BCUT2D eigenvalue weighted by Crippen LogP contribution is 2.35. The van der Waals surface area contributed by atoms with Crippen LogP contribution in [0.4, 0.5) is 5.69 Å². The first kappa shape index (κ1) is 21.2. The number of carbonyl (C=O) groups excluding carboxylic acids is 1. The number of carbonyl (C=O) groups is 1. The van der Waals surface area contributed by atoms with Crippen molar-refractivity contribution in [1.82, 2.24) is 4.57 Å². The fourth-order valence-electron chi connectivity index (χ4n) is 2.96. The average molecular weight is 436 g/mol. The van der Waals surface area contributed by atoms with E-state index in [0.29, 0.717) is 12.1 Å². The lowest BCUT2D eigenvalue weighted by Crippen LogP contribution is -2.16. The molecule has 0 spiro atoms. The minimum atomic E-state index is -4.15. The summed E-state index contributed by atoms with van der Waals surface area (Å²) in [5, 5.41) is 0. The van der Waals surface area contributed by atoms with Gasteiger partial charge in [0.05, 0.1) is 43.0 Å². The number of rotatable bonds is 7. The molecule has 3 aromatic rings. The third kappa shape index (κ3) is 3.71. The number of oxazole rings is 1. The highest BCUT2D eigenvalue weighted by Gasteiger charge is 2.23. The molecule has 1 aromatic heterocycles. The zero-order chi connectivity index (χ0) is 22.1. The number of hydrogen-bond acceptors (Lipinski definition) is 8. The van der Waals surface area contributed by atoms with Crippen molar-refractivity contribution in [2.24, 2.45) is 0 Å². The Labute approximate surface area is 172 Å². The average Bonchev–Trinajstić information content (AvgIpc) is 3.06. The highest BCUT2D eigenvalue weighted by molar-refractivity contribution is 7.92. The van der Waals surface area contributed by atoms with Crippen LogP contribution in [0.15, 0.2) is 44.4 Å². The maximum absolute atomic E-state index is 13.0. The minimum absolute atomic E-state index is 0.0628. The summed E-state index contributed by atoms with van der Waals surface area (Å²) in [5.74, 6) is -0.910. The molecule has 160 valence electrons. The number of benzene rings is 2. The molecule has 0 unspecified atom stereocenters. The zero-order valence-corrected chi connectivity index (χ0v) is 17.5. The Bertz CT molecular complexity index is 1270. The fourth-order valence-corrected chi connectivity index (χ4v) is 4.04. The van der Waals surface area contributed by atoms with Gasteiger partial charge >= 0.3 is 11.7 Å². The summed E-state index contributed by atoms with van der Waals surface area (Å²) < 4.78 is 49.9. The first-order valence-electron chi connectivity index (χ1n) is 8.76. The van der Waals surface area contributed by atoms with Crippen LogP contribution >= 0.6 is 0 Å². The second kappa shape index (κ2) is 8.11. The Balaban J connectivity index is 2.09. The first-order chi connectivity index (χ1) is 14.2. The topological polar surface area (TPSA) is 126 Å². The molecular formula is C19H20N2O8S. The summed E-state index contributed by atoms with van der Waals surface area (Å²) in [6.07, 6.45) is 0. The van der Waals surface area contributed by atoms with Crippen LogP contribution in [0.5, 0.6) is 11.5 Å². The number of nitrogens with one attached hydrogen (secondary N) is 1. The number of esters is 1. The molecule has 2 aromatic carbocycles. The molecule has 0 aliphatic rings.